The monoisotopic (exact) mass is 346 g/mol. The van der Waals surface area contributed by atoms with Crippen LogP contribution >= 0.6 is 0 Å². The minimum absolute atomic E-state index is 0.0180. The molecule has 0 aliphatic rings. The number of imidazole rings is 1. The first kappa shape index (κ1) is 18.6. The number of rotatable bonds is 7. The molecule has 7 heteroatoms. The topological polar surface area (TPSA) is 67.2 Å². The van der Waals surface area contributed by atoms with Gasteiger partial charge in [0.05, 0.1) is 24.0 Å². The summed E-state index contributed by atoms with van der Waals surface area (Å²) in [4.78, 5) is 30.5. The SMILES string of the molecule is C[C@@H](CC(=O)c1ccccc1F)C(=O)NCc1cnc(N(C)C)n1C. The zero-order chi connectivity index (χ0) is 18.6. The molecule has 0 saturated heterocycles. The molecule has 0 spiro atoms. The van der Waals surface area contributed by atoms with Gasteiger partial charge in [-0.1, -0.05) is 19.1 Å². The predicted octanol–water partition coefficient (Wildman–Crippen LogP) is 2.15. The molecule has 2 rings (SSSR count). The van der Waals surface area contributed by atoms with Crippen LogP contribution in [-0.4, -0.2) is 35.3 Å². The third-order valence-electron chi connectivity index (χ3n) is 4.02. The normalized spacial score (nSPS) is 11.9. The van der Waals surface area contributed by atoms with Crippen molar-refractivity contribution in [3.63, 3.8) is 0 Å². The van der Waals surface area contributed by atoms with E-state index in [4.69, 9.17) is 0 Å². The van der Waals surface area contributed by atoms with Gasteiger partial charge in [-0.3, -0.25) is 9.59 Å². The lowest BCUT2D eigenvalue weighted by Gasteiger charge is -2.14. The molecule has 0 fully saturated rings. The lowest BCUT2D eigenvalue weighted by Crippen LogP contribution is -2.31. The van der Waals surface area contributed by atoms with Crippen LogP contribution in [0.3, 0.4) is 0 Å². The van der Waals surface area contributed by atoms with E-state index in [1.54, 1.807) is 19.2 Å². The number of benzene rings is 1. The third-order valence-corrected chi connectivity index (χ3v) is 4.02. The fourth-order valence-electron chi connectivity index (χ4n) is 2.53. The number of aromatic nitrogens is 2. The van der Waals surface area contributed by atoms with Gasteiger partial charge in [0, 0.05) is 33.5 Å². The number of ketones is 1. The summed E-state index contributed by atoms with van der Waals surface area (Å²) in [7, 11) is 5.65. The number of hydrogen-bond acceptors (Lipinski definition) is 4. The smallest absolute Gasteiger partial charge is 0.223 e. The number of Topliss-reactive ketones (excluding diaryl/α,β-unsaturated/α-hetero) is 1. The zero-order valence-electron chi connectivity index (χ0n) is 14.9. The molecule has 134 valence electrons. The molecule has 1 atom stereocenters. The Bertz CT molecular complexity index is 770. The van der Waals surface area contributed by atoms with E-state index >= 15 is 0 Å². The first-order valence-corrected chi connectivity index (χ1v) is 8.04. The van der Waals surface area contributed by atoms with Crippen molar-refractivity contribution >= 4 is 17.6 Å². The van der Waals surface area contributed by atoms with Gasteiger partial charge in [-0.15, -0.1) is 0 Å². The van der Waals surface area contributed by atoms with E-state index in [1.165, 1.54) is 18.2 Å². The van der Waals surface area contributed by atoms with Crippen LogP contribution in [0.4, 0.5) is 10.3 Å². The average Bonchev–Trinajstić information content (AvgIpc) is 2.93. The third kappa shape index (κ3) is 4.43. The standard InChI is InChI=1S/C18H23FN4O2/c1-12(9-16(24)14-7-5-6-8-15(14)19)17(25)20-10-13-11-21-18(22(2)3)23(13)4/h5-8,11-12H,9-10H2,1-4H3,(H,20,25)/t12-/m0/s1. The Kier molecular flexibility index (Phi) is 5.90. The van der Waals surface area contributed by atoms with Crippen LogP contribution in [0.1, 0.15) is 29.4 Å². The first-order chi connectivity index (χ1) is 11.8. The van der Waals surface area contributed by atoms with Crippen molar-refractivity contribution in [2.75, 3.05) is 19.0 Å². The molecule has 0 unspecified atom stereocenters. The van der Waals surface area contributed by atoms with E-state index in [1.807, 2.05) is 30.6 Å². The fraction of sp³-hybridized carbons (Fsp3) is 0.389. The number of anilines is 1. The Morgan fingerprint density at radius 2 is 2.00 bits per heavy atom. The molecule has 1 aromatic carbocycles. The largest absolute Gasteiger partial charge is 0.350 e. The molecule has 0 aliphatic carbocycles. The summed E-state index contributed by atoms with van der Waals surface area (Å²) in [6.45, 7) is 1.97. The molecule has 1 amide bonds. The molecule has 1 N–H and O–H groups in total. The van der Waals surface area contributed by atoms with Gasteiger partial charge < -0.3 is 14.8 Å². The fourth-order valence-corrected chi connectivity index (χ4v) is 2.53. The van der Waals surface area contributed by atoms with Crippen LogP contribution < -0.4 is 10.2 Å². The quantitative estimate of drug-likeness (QED) is 0.780. The molecule has 25 heavy (non-hydrogen) atoms. The van der Waals surface area contributed by atoms with Gasteiger partial charge in [0.2, 0.25) is 11.9 Å². The Morgan fingerprint density at radius 3 is 2.60 bits per heavy atom. The highest BCUT2D eigenvalue weighted by molar-refractivity contribution is 5.98. The Labute approximate surface area is 146 Å². The summed E-state index contributed by atoms with van der Waals surface area (Å²) < 4.78 is 15.5. The molecular weight excluding hydrogens is 323 g/mol. The number of amides is 1. The van der Waals surface area contributed by atoms with Crippen molar-refractivity contribution in [2.24, 2.45) is 13.0 Å². The highest BCUT2D eigenvalue weighted by atomic mass is 19.1. The molecule has 1 aromatic heterocycles. The summed E-state index contributed by atoms with van der Waals surface area (Å²) in [5.41, 5.74) is 0.870. The summed E-state index contributed by atoms with van der Waals surface area (Å²) in [5, 5.41) is 2.80. The maximum absolute atomic E-state index is 13.6. The maximum Gasteiger partial charge on any atom is 0.223 e. The predicted molar refractivity (Wildman–Crippen MR) is 93.9 cm³/mol. The van der Waals surface area contributed by atoms with Crippen LogP contribution in [0.2, 0.25) is 0 Å². The van der Waals surface area contributed by atoms with Crippen molar-refractivity contribution in [2.45, 2.75) is 19.9 Å². The Hall–Kier alpha value is -2.70. The molecule has 1 heterocycles. The molecule has 0 radical (unpaired) electrons. The maximum atomic E-state index is 13.6. The van der Waals surface area contributed by atoms with Crippen molar-refractivity contribution < 1.29 is 14.0 Å². The number of carbonyl (C=O) groups is 2. The minimum Gasteiger partial charge on any atom is -0.350 e. The van der Waals surface area contributed by atoms with Gasteiger partial charge >= 0.3 is 0 Å². The van der Waals surface area contributed by atoms with E-state index in [0.29, 0.717) is 6.54 Å². The van der Waals surface area contributed by atoms with E-state index in [9.17, 15) is 14.0 Å². The second-order valence-electron chi connectivity index (χ2n) is 6.23. The number of hydrogen-bond donors (Lipinski definition) is 1. The highest BCUT2D eigenvalue weighted by Crippen LogP contribution is 2.14. The van der Waals surface area contributed by atoms with E-state index < -0.39 is 11.7 Å². The van der Waals surface area contributed by atoms with Crippen molar-refractivity contribution in [1.29, 1.82) is 0 Å². The van der Waals surface area contributed by atoms with E-state index in [0.717, 1.165) is 11.6 Å². The van der Waals surface area contributed by atoms with Crippen LogP contribution in [0.5, 0.6) is 0 Å². The Morgan fingerprint density at radius 1 is 1.32 bits per heavy atom. The number of nitrogens with zero attached hydrogens (tertiary/aromatic N) is 3. The molecule has 0 saturated carbocycles. The van der Waals surface area contributed by atoms with Crippen LogP contribution in [0.15, 0.2) is 30.5 Å². The van der Waals surface area contributed by atoms with E-state index in [2.05, 4.69) is 10.3 Å². The van der Waals surface area contributed by atoms with Crippen LogP contribution in [0, 0.1) is 11.7 Å². The first-order valence-electron chi connectivity index (χ1n) is 8.04. The molecule has 0 bridgehead atoms. The summed E-state index contributed by atoms with van der Waals surface area (Å²) >= 11 is 0. The molecule has 2 aromatic rings. The minimum atomic E-state index is -0.564. The van der Waals surface area contributed by atoms with Crippen LogP contribution in [-0.2, 0) is 18.4 Å². The summed E-state index contributed by atoms with van der Waals surface area (Å²) in [6.07, 6.45) is 1.66. The van der Waals surface area contributed by atoms with Crippen molar-refractivity contribution in [1.82, 2.24) is 14.9 Å². The van der Waals surface area contributed by atoms with Crippen molar-refractivity contribution in [3.05, 3.63) is 47.5 Å². The van der Waals surface area contributed by atoms with Gasteiger partial charge in [-0.25, -0.2) is 9.37 Å². The van der Waals surface area contributed by atoms with Gasteiger partial charge in [0.15, 0.2) is 5.78 Å². The van der Waals surface area contributed by atoms with Gasteiger partial charge in [0.1, 0.15) is 5.82 Å². The van der Waals surface area contributed by atoms with Gasteiger partial charge in [-0.2, -0.15) is 0 Å². The molecule has 0 aliphatic heterocycles. The number of halogens is 1. The summed E-state index contributed by atoms with van der Waals surface area (Å²) in [6, 6.07) is 5.80. The second kappa shape index (κ2) is 7.92. The lowest BCUT2D eigenvalue weighted by molar-refractivity contribution is -0.124. The number of carbonyl (C=O) groups excluding carboxylic acids is 2. The highest BCUT2D eigenvalue weighted by Gasteiger charge is 2.20. The zero-order valence-corrected chi connectivity index (χ0v) is 14.9. The average molecular weight is 346 g/mol. The van der Waals surface area contributed by atoms with E-state index in [-0.39, 0.29) is 23.7 Å². The molecule has 6 nitrogen and oxygen atoms in total. The van der Waals surface area contributed by atoms with Gasteiger partial charge in [-0.05, 0) is 12.1 Å². The van der Waals surface area contributed by atoms with Crippen LogP contribution in [0.25, 0.3) is 0 Å². The number of nitrogens with one attached hydrogen (secondary N) is 1. The lowest BCUT2D eigenvalue weighted by atomic mass is 9.98. The summed E-state index contributed by atoms with van der Waals surface area (Å²) in [5.74, 6) is -0.958. The second-order valence-corrected chi connectivity index (χ2v) is 6.23. The van der Waals surface area contributed by atoms with Gasteiger partial charge in [0.25, 0.3) is 0 Å². The Balaban J connectivity index is 1.92. The molecular formula is C18H23FN4O2. The van der Waals surface area contributed by atoms with Crippen molar-refractivity contribution in [3.8, 4) is 0 Å².